The lowest BCUT2D eigenvalue weighted by molar-refractivity contribution is -0.153. The first-order valence-electron chi connectivity index (χ1n) is 7.38. The van der Waals surface area contributed by atoms with E-state index in [-0.39, 0.29) is 18.4 Å². The molecule has 0 spiro atoms. The van der Waals surface area contributed by atoms with Crippen molar-refractivity contribution in [3.63, 3.8) is 0 Å². The van der Waals surface area contributed by atoms with Crippen LogP contribution in [0.2, 0.25) is 0 Å². The van der Waals surface area contributed by atoms with E-state index in [1.165, 1.54) is 4.90 Å². The standard InChI is InChI=1S/C16H22N2O3/c1-2-5-12(9-17)15(19)18-10-13-7-4-3-6-11(13)8-14(18)16(20)21/h3-4,6-7,12,14H,2,5,8-10,17H2,1H3,(H,20,21)/t12?,14-/m0/s1. The van der Waals surface area contributed by atoms with Gasteiger partial charge in [0.2, 0.25) is 5.91 Å². The molecule has 1 aromatic carbocycles. The van der Waals surface area contributed by atoms with E-state index in [4.69, 9.17) is 5.73 Å². The molecular formula is C16H22N2O3. The number of hydrogen-bond donors (Lipinski definition) is 2. The quantitative estimate of drug-likeness (QED) is 0.858. The summed E-state index contributed by atoms with van der Waals surface area (Å²) in [5.41, 5.74) is 7.72. The van der Waals surface area contributed by atoms with Gasteiger partial charge in [-0.2, -0.15) is 0 Å². The van der Waals surface area contributed by atoms with Crippen molar-refractivity contribution in [3.8, 4) is 0 Å². The average Bonchev–Trinajstić information content (AvgIpc) is 2.50. The largest absolute Gasteiger partial charge is 0.480 e. The Morgan fingerprint density at radius 3 is 2.62 bits per heavy atom. The van der Waals surface area contributed by atoms with E-state index in [1.54, 1.807) is 0 Å². The number of benzene rings is 1. The molecule has 0 fully saturated rings. The fourth-order valence-electron chi connectivity index (χ4n) is 2.90. The number of amides is 1. The number of carbonyl (C=O) groups is 2. The smallest absolute Gasteiger partial charge is 0.326 e. The third-order valence-electron chi connectivity index (χ3n) is 4.09. The number of nitrogens with two attached hydrogens (primary N) is 1. The van der Waals surface area contributed by atoms with Crippen LogP contribution < -0.4 is 5.73 Å². The predicted molar refractivity (Wildman–Crippen MR) is 79.6 cm³/mol. The van der Waals surface area contributed by atoms with Crippen LogP contribution in [0.4, 0.5) is 0 Å². The topological polar surface area (TPSA) is 83.6 Å². The second-order valence-electron chi connectivity index (χ2n) is 5.51. The number of carboxylic acid groups (broad SMARTS) is 1. The third kappa shape index (κ3) is 3.24. The van der Waals surface area contributed by atoms with Crippen molar-refractivity contribution in [2.75, 3.05) is 6.54 Å². The molecule has 1 unspecified atom stereocenters. The van der Waals surface area contributed by atoms with Crippen LogP contribution in [0, 0.1) is 5.92 Å². The van der Waals surface area contributed by atoms with Crippen LogP contribution in [0.3, 0.4) is 0 Å². The minimum absolute atomic E-state index is 0.138. The molecule has 1 aliphatic heterocycles. The number of nitrogens with zero attached hydrogens (tertiary/aromatic N) is 1. The summed E-state index contributed by atoms with van der Waals surface area (Å²) in [5.74, 6) is -1.38. The normalized spacial score (nSPS) is 19.0. The fourth-order valence-corrected chi connectivity index (χ4v) is 2.90. The van der Waals surface area contributed by atoms with E-state index in [0.29, 0.717) is 19.4 Å². The lowest BCUT2D eigenvalue weighted by Gasteiger charge is -2.36. The summed E-state index contributed by atoms with van der Waals surface area (Å²) < 4.78 is 0. The first-order valence-corrected chi connectivity index (χ1v) is 7.38. The highest BCUT2D eigenvalue weighted by atomic mass is 16.4. The first-order chi connectivity index (χ1) is 10.1. The lowest BCUT2D eigenvalue weighted by atomic mass is 9.92. The summed E-state index contributed by atoms with van der Waals surface area (Å²) in [6.45, 7) is 2.61. The molecule has 0 saturated carbocycles. The van der Waals surface area contributed by atoms with Crippen molar-refractivity contribution in [2.45, 2.75) is 38.8 Å². The molecule has 2 rings (SSSR count). The summed E-state index contributed by atoms with van der Waals surface area (Å²) in [7, 11) is 0. The van der Waals surface area contributed by atoms with Crippen LogP contribution in [-0.4, -0.2) is 34.5 Å². The van der Waals surface area contributed by atoms with E-state index in [2.05, 4.69) is 0 Å². The summed E-state index contributed by atoms with van der Waals surface area (Å²) in [6.07, 6.45) is 1.91. The van der Waals surface area contributed by atoms with Gasteiger partial charge in [0, 0.05) is 19.5 Å². The number of carboxylic acids is 1. The molecule has 1 aliphatic rings. The number of hydrogen-bond acceptors (Lipinski definition) is 3. The maximum absolute atomic E-state index is 12.6. The maximum Gasteiger partial charge on any atom is 0.326 e. The zero-order valence-corrected chi connectivity index (χ0v) is 12.3. The maximum atomic E-state index is 12.6. The van der Waals surface area contributed by atoms with Crippen LogP contribution in [0.1, 0.15) is 30.9 Å². The van der Waals surface area contributed by atoms with Crippen molar-refractivity contribution in [2.24, 2.45) is 11.7 Å². The van der Waals surface area contributed by atoms with Crippen LogP contribution >= 0.6 is 0 Å². The second-order valence-corrected chi connectivity index (χ2v) is 5.51. The van der Waals surface area contributed by atoms with E-state index in [0.717, 1.165) is 17.5 Å². The number of fused-ring (bicyclic) bond motifs is 1. The Kier molecular flexibility index (Phi) is 4.96. The van der Waals surface area contributed by atoms with Gasteiger partial charge in [-0.3, -0.25) is 4.79 Å². The van der Waals surface area contributed by atoms with Gasteiger partial charge in [0.05, 0.1) is 5.92 Å². The van der Waals surface area contributed by atoms with E-state index >= 15 is 0 Å². The highest BCUT2D eigenvalue weighted by molar-refractivity contribution is 5.86. The molecule has 5 heteroatoms. The first kappa shape index (κ1) is 15.5. The Bertz CT molecular complexity index is 530. The summed E-state index contributed by atoms with van der Waals surface area (Å²) in [4.78, 5) is 25.6. The second kappa shape index (κ2) is 6.72. The molecule has 0 aliphatic carbocycles. The van der Waals surface area contributed by atoms with E-state index in [9.17, 15) is 14.7 Å². The molecule has 0 saturated heterocycles. The van der Waals surface area contributed by atoms with Crippen LogP contribution in [0.25, 0.3) is 0 Å². The van der Waals surface area contributed by atoms with Crippen LogP contribution in [-0.2, 0) is 22.6 Å². The molecule has 0 bridgehead atoms. The van der Waals surface area contributed by atoms with Crippen molar-refractivity contribution < 1.29 is 14.7 Å². The third-order valence-corrected chi connectivity index (χ3v) is 4.09. The highest BCUT2D eigenvalue weighted by Gasteiger charge is 2.36. The predicted octanol–water partition coefficient (Wildman–Crippen LogP) is 1.40. The van der Waals surface area contributed by atoms with Gasteiger partial charge in [-0.05, 0) is 17.5 Å². The minimum atomic E-state index is -0.954. The molecule has 1 amide bonds. The van der Waals surface area contributed by atoms with Crippen molar-refractivity contribution in [3.05, 3.63) is 35.4 Å². The van der Waals surface area contributed by atoms with Gasteiger partial charge in [0.1, 0.15) is 6.04 Å². The van der Waals surface area contributed by atoms with Crippen molar-refractivity contribution in [1.29, 1.82) is 0 Å². The monoisotopic (exact) mass is 290 g/mol. The zero-order valence-electron chi connectivity index (χ0n) is 12.3. The van der Waals surface area contributed by atoms with Crippen LogP contribution in [0.5, 0.6) is 0 Å². The summed E-state index contributed by atoms with van der Waals surface area (Å²) in [6, 6.07) is 6.90. The molecule has 0 aromatic heterocycles. The van der Waals surface area contributed by atoms with Crippen LogP contribution in [0.15, 0.2) is 24.3 Å². The molecule has 3 N–H and O–H groups in total. The SMILES string of the molecule is CCCC(CN)C(=O)N1Cc2ccccc2C[C@H]1C(=O)O. The molecule has 1 heterocycles. The van der Waals surface area contributed by atoms with Gasteiger partial charge in [-0.25, -0.2) is 4.79 Å². The van der Waals surface area contributed by atoms with E-state index < -0.39 is 12.0 Å². The summed E-state index contributed by atoms with van der Waals surface area (Å²) >= 11 is 0. The molecule has 21 heavy (non-hydrogen) atoms. The number of rotatable bonds is 5. The minimum Gasteiger partial charge on any atom is -0.480 e. The molecular weight excluding hydrogens is 268 g/mol. The molecule has 2 atom stereocenters. The Labute approximate surface area is 124 Å². The van der Waals surface area contributed by atoms with Crippen molar-refractivity contribution in [1.82, 2.24) is 4.90 Å². The van der Waals surface area contributed by atoms with Gasteiger partial charge in [0.15, 0.2) is 0 Å². The van der Waals surface area contributed by atoms with Gasteiger partial charge >= 0.3 is 5.97 Å². The Morgan fingerprint density at radius 1 is 1.38 bits per heavy atom. The van der Waals surface area contributed by atoms with Gasteiger partial charge in [-0.1, -0.05) is 37.6 Å². The average molecular weight is 290 g/mol. The Hall–Kier alpha value is -1.88. The highest BCUT2D eigenvalue weighted by Crippen LogP contribution is 2.25. The summed E-state index contributed by atoms with van der Waals surface area (Å²) in [5, 5.41) is 9.44. The number of carbonyl (C=O) groups excluding carboxylic acids is 1. The molecule has 5 nitrogen and oxygen atoms in total. The fraction of sp³-hybridized carbons (Fsp3) is 0.500. The lowest BCUT2D eigenvalue weighted by Crippen LogP contribution is -2.51. The molecule has 114 valence electrons. The van der Waals surface area contributed by atoms with Gasteiger partial charge in [0.25, 0.3) is 0 Å². The Balaban J connectivity index is 2.28. The number of aliphatic carboxylic acids is 1. The zero-order chi connectivity index (χ0) is 15.4. The van der Waals surface area contributed by atoms with E-state index in [1.807, 2.05) is 31.2 Å². The van der Waals surface area contributed by atoms with Crippen molar-refractivity contribution >= 4 is 11.9 Å². The van der Waals surface area contributed by atoms with Gasteiger partial charge in [-0.15, -0.1) is 0 Å². The molecule has 0 radical (unpaired) electrons. The molecule has 1 aromatic rings. The Morgan fingerprint density at radius 2 is 2.05 bits per heavy atom. The van der Waals surface area contributed by atoms with Gasteiger partial charge < -0.3 is 15.7 Å².